The molecule has 2 atom stereocenters. The van der Waals surface area contributed by atoms with E-state index in [4.69, 9.17) is 0 Å². The Balaban J connectivity index is 3.92. The molecule has 0 aromatic rings. The monoisotopic (exact) mass is 278 g/mol. The first-order valence-corrected chi connectivity index (χ1v) is 4.32. The van der Waals surface area contributed by atoms with Gasteiger partial charge < -0.3 is 4.74 Å². The summed E-state index contributed by atoms with van der Waals surface area (Å²) >= 11 is 8.59. The molecule has 0 aliphatic carbocycles. The quantitative estimate of drug-likeness (QED) is 0.526. The Morgan fingerprint density at radius 2 is 1.13 bits per heavy atom. The maximum absolute atomic E-state index is 12.4. The van der Waals surface area contributed by atoms with Gasteiger partial charge in [-0.3, -0.25) is 0 Å². The molecule has 0 bridgehead atoms. The molecule has 0 saturated carbocycles. The summed E-state index contributed by atoms with van der Waals surface area (Å²) in [5.74, 6) is 0. The molecule has 0 aromatic heterocycles. The van der Waals surface area contributed by atoms with E-state index in [0.717, 1.165) is 0 Å². The lowest BCUT2D eigenvalue weighted by Crippen LogP contribution is -2.24. The number of ether oxygens (including phenoxy) is 1. The van der Waals surface area contributed by atoms with Crippen LogP contribution in [0, 0.1) is 0 Å². The van der Waals surface area contributed by atoms with Crippen molar-refractivity contribution in [1.82, 2.24) is 0 Å². The summed E-state index contributed by atoms with van der Waals surface area (Å²) < 4.78 is 76.0. The van der Waals surface area contributed by atoms with Crippen LogP contribution in [-0.4, -0.2) is 23.5 Å². The minimum absolute atomic E-state index is 1.64. The zero-order valence-electron chi connectivity index (χ0n) is 7.00. The van der Waals surface area contributed by atoms with Crippen LogP contribution >= 0.6 is 23.2 Å². The highest BCUT2D eigenvalue weighted by atomic mass is 35.5. The first kappa shape index (κ1) is 15.1. The highest BCUT2D eigenvalue weighted by Gasteiger charge is 2.35. The van der Waals surface area contributed by atoms with Gasteiger partial charge in [0, 0.05) is 0 Å². The minimum Gasteiger partial charge on any atom is -0.313 e. The molecular weight excluding hydrogens is 273 g/mol. The fourth-order valence-corrected chi connectivity index (χ4v) is 0.863. The molecule has 0 aliphatic heterocycles. The largest absolute Gasteiger partial charge is 0.326 e. The Labute approximate surface area is 91.3 Å². The molecule has 0 heterocycles. The number of rotatable bonds is 6. The Bertz CT molecular complexity index is 171. The van der Waals surface area contributed by atoms with Crippen molar-refractivity contribution >= 4 is 23.2 Å². The van der Waals surface area contributed by atoms with Crippen molar-refractivity contribution < 1.29 is 31.1 Å². The highest BCUT2D eigenvalue weighted by Crippen LogP contribution is 2.30. The molecular formula is C6H6Cl2F6O. The number of alkyl halides is 8. The Morgan fingerprint density at radius 1 is 0.867 bits per heavy atom. The maximum Gasteiger partial charge on any atom is 0.326 e. The summed E-state index contributed by atoms with van der Waals surface area (Å²) in [5.41, 5.74) is 0. The Morgan fingerprint density at radius 3 is 1.33 bits per heavy atom. The summed E-state index contributed by atoms with van der Waals surface area (Å²) in [5, 5.41) is -7.86. The molecule has 2 unspecified atom stereocenters. The number of halogens is 8. The lowest BCUT2D eigenvalue weighted by molar-refractivity contribution is -0.175. The van der Waals surface area contributed by atoms with E-state index in [1.807, 2.05) is 0 Å². The lowest BCUT2D eigenvalue weighted by atomic mass is 10.4. The lowest BCUT2D eigenvalue weighted by Gasteiger charge is -2.17. The van der Waals surface area contributed by atoms with Crippen LogP contribution < -0.4 is 0 Å². The van der Waals surface area contributed by atoms with E-state index in [2.05, 4.69) is 27.9 Å². The van der Waals surface area contributed by atoms with Crippen LogP contribution in [-0.2, 0) is 4.74 Å². The second kappa shape index (κ2) is 5.45. The van der Waals surface area contributed by atoms with Crippen LogP contribution in [0.15, 0.2) is 0 Å². The van der Waals surface area contributed by atoms with Crippen LogP contribution in [0.4, 0.5) is 26.3 Å². The zero-order chi connectivity index (χ0) is 12.3. The van der Waals surface area contributed by atoms with Gasteiger partial charge in [0.05, 0.1) is 12.8 Å². The molecule has 92 valence electrons. The van der Waals surface area contributed by atoms with Crippen molar-refractivity contribution in [3.63, 3.8) is 0 Å². The van der Waals surface area contributed by atoms with Crippen molar-refractivity contribution in [2.24, 2.45) is 0 Å². The molecule has 0 radical (unpaired) electrons. The molecule has 0 spiro atoms. The van der Waals surface area contributed by atoms with Crippen LogP contribution in [0.25, 0.3) is 0 Å². The third-order valence-corrected chi connectivity index (χ3v) is 1.39. The second-order valence-corrected chi connectivity index (χ2v) is 3.70. The van der Waals surface area contributed by atoms with E-state index in [0.29, 0.717) is 0 Å². The normalized spacial score (nSPS) is 17.6. The standard InChI is InChI=1S/C6H6Cl2F6O/c7-5(11,12)1-3(9)15-4(10)2-6(8,13)14/h3-4H,1-2H2. The van der Waals surface area contributed by atoms with Gasteiger partial charge in [0.15, 0.2) is 0 Å². The minimum atomic E-state index is -3.93. The van der Waals surface area contributed by atoms with E-state index in [-0.39, 0.29) is 0 Å². The summed E-state index contributed by atoms with van der Waals surface area (Å²) in [4.78, 5) is 0. The topological polar surface area (TPSA) is 9.23 Å². The van der Waals surface area contributed by atoms with Crippen molar-refractivity contribution in [3.8, 4) is 0 Å². The van der Waals surface area contributed by atoms with Crippen molar-refractivity contribution in [3.05, 3.63) is 0 Å². The molecule has 0 amide bonds. The molecule has 15 heavy (non-hydrogen) atoms. The molecule has 9 heteroatoms. The van der Waals surface area contributed by atoms with Crippen LogP contribution in [0.5, 0.6) is 0 Å². The average molecular weight is 279 g/mol. The van der Waals surface area contributed by atoms with Gasteiger partial charge in [-0.1, -0.05) is 0 Å². The molecule has 0 saturated heterocycles. The average Bonchev–Trinajstić information content (AvgIpc) is 1.73. The number of hydrogen-bond donors (Lipinski definition) is 0. The summed E-state index contributed by atoms with van der Waals surface area (Å²) in [6.45, 7) is 0. The van der Waals surface area contributed by atoms with Gasteiger partial charge in [-0.15, -0.1) is 0 Å². The summed E-state index contributed by atoms with van der Waals surface area (Å²) in [7, 11) is 0. The van der Waals surface area contributed by atoms with E-state index in [1.54, 1.807) is 0 Å². The van der Waals surface area contributed by atoms with Gasteiger partial charge in [-0.2, -0.15) is 17.6 Å². The summed E-state index contributed by atoms with van der Waals surface area (Å²) in [6.07, 6.45) is -8.84. The Kier molecular flexibility index (Phi) is 5.49. The first-order chi connectivity index (χ1) is 6.49. The van der Waals surface area contributed by atoms with Gasteiger partial charge in [0.25, 0.3) is 0 Å². The maximum atomic E-state index is 12.4. The van der Waals surface area contributed by atoms with Crippen LogP contribution in [0.3, 0.4) is 0 Å². The fourth-order valence-electron chi connectivity index (χ4n) is 0.620. The van der Waals surface area contributed by atoms with Gasteiger partial charge in [0.1, 0.15) is 0 Å². The fraction of sp³-hybridized carbons (Fsp3) is 1.00. The Hall–Kier alpha value is 0.120. The van der Waals surface area contributed by atoms with E-state index in [1.165, 1.54) is 0 Å². The molecule has 1 nitrogen and oxygen atoms in total. The molecule has 0 rings (SSSR count). The van der Waals surface area contributed by atoms with Crippen molar-refractivity contribution in [2.75, 3.05) is 0 Å². The van der Waals surface area contributed by atoms with Crippen molar-refractivity contribution in [1.29, 1.82) is 0 Å². The predicted molar refractivity (Wildman–Crippen MR) is 41.7 cm³/mol. The van der Waals surface area contributed by atoms with E-state index in [9.17, 15) is 26.3 Å². The highest BCUT2D eigenvalue weighted by molar-refractivity contribution is 6.21. The predicted octanol–water partition coefficient (Wildman–Crippen LogP) is 4.04. The zero-order valence-corrected chi connectivity index (χ0v) is 8.51. The van der Waals surface area contributed by atoms with Crippen LogP contribution in [0.1, 0.15) is 12.8 Å². The number of hydrogen-bond acceptors (Lipinski definition) is 1. The summed E-state index contributed by atoms with van der Waals surface area (Å²) in [6, 6.07) is 0. The molecule has 0 aromatic carbocycles. The van der Waals surface area contributed by atoms with Gasteiger partial charge in [-0.25, -0.2) is 8.78 Å². The van der Waals surface area contributed by atoms with Crippen molar-refractivity contribution in [2.45, 2.75) is 36.3 Å². The first-order valence-electron chi connectivity index (χ1n) is 3.57. The SMILES string of the molecule is FC(CC(F)(F)Cl)OC(F)CC(F)(F)Cl. The molecule has 0 aliphatic rings. The molecule has 0 N–H and O–H groups in total. The second-order valence-electron chi connectivity index (χ2n) is 2.59. The smallest absolute Gasteiger partial charge is 0.313 e. The van der Waals surface area contributed by atoms with Gasteiger partial charge in [0.2, 0.25) is 12.7 Å². The van der Waals surface area contributed by atoms with E-state index >= 15 is 0 Å². The van der Waals surface area contributed by atoms with E-state index < -0.39 is 36.3 Å². The van der Waals surface area contributed by atoms with Gasteiger partial charge in [-0.05, 0) is 23.2 Å². The third-order valence-electron chi connectivity index (χ3n) is 1.08. The third kappa shape index (κ3) is 10.4. The molecule has 0 fully saturated rings. The van der Waals surface area contributed by atoms with Crippen LogP contribution in [0.2, 0.25) is 0 Å². The van der Waals surface area contributed by atoms with Gasteiger partial charge >= 0.3 is 10.8 Å².